The second-order valence-electron chi connectivity index (χ2n) is 12.5. The minimum absolute atomic E-state index is 0.612. The van der Waals surface area contributed by atoms with E-state index in [-0.39, 0.29) is 0 Å². The van der Waals surface area contributed by atoms with Gasteiger partial charge in [0, 0.05) is 11.1 Å². The monoisotopic (exact) mass is 640 g/mol. The molecule has 0 N–H and O–H groups in total. The van der Waals surface area contributed by atoms with Gasteiger partial charge in [-0.25, -0.2) is 9.97 Å². The summed E-state index contributed by atoms with van der Waals surface area (Å²) in [6.07, 6.45) is 6.62. The van der Waals surface area contributed by atoms with Crippen molar-refractivity contribution < 1.29 is 8.83 Å². The molecule has 0 aliphatic rings. The second kappa shape index (κ2) is 11.4. The molecule has 2 heterocycles. The highest BCUT2D eigenvalue weighted by Crippen LogP contribution is 2.50. The maximum Gasteiger partial charge on any atom is 0.225 e. The van der Waals surface area contributed by atoms with Gasteiger partial charge in [-0.15, -0.1) is 0 Å². The molecule has 50 heavy (non-hydrogen) atoms. The molecule has 4 heteroatoms. The van der Waals surface area contributed by atoms with Gasteiger partial charge < -0.3 is 8.83 Å². The van der Waals surface area contributed by atoms with Crippen LogP contribution in [0, 0.1) is 0 Å². The van der Waals surface area contributed by atoms with E-state index in [0.717, 1.165) is 22.3 Å². The lowest BCUT2D eigenvalue weighted by molar-refractivity contribution is 0.574. The van der Waals surface area contributed by atoms with Crippen molar-refractivity contribution in [1.82, 2.24) is 9.97 Å². The molecular weight excluding hydrogens is 613 g/mol. The summed E-state index contributed by atoms with van der Waals surface area (Å²) < 4.78 is 11.4. The van der Waals surface area contributed by atoms with Crippen molar-refractivity contribution in [2.24, 2.45) is 0 Å². The first-order chi connectivity index (χ1) is 24.8. The van der Waals surface area contributed by atoms with Crippen molar-refractivity contribution in [3.05, 3.63) is 171 Å². The molecule has 4 nitrogen and oxygen atoms in total. The standard InChI is InChI=1S/C46H28N2O2/c1-5-19-37-33(15-1)41(29-11-9-13-31(27-29)45-47-23-25-49-45)34-16-2-6-20-38(34)43(37)44-39-21-7-3-17-35(39)42(36-18-4-8-22-40(36)44)30-12-10-14-32(28-30)46-48-24-26-50-46/h1-28H. The van der Waals surface area contributed by atoms with E-state index in [4.69, 9.17) is 8.83 Å². The molecule has 0 amide bonds. The third-order valence-corrected chi connectivity index (χ3v) is 9.77. The molecule has 0 radical (unpaired) electrons. The summed E-state index contributed by atoms with van der Waals surface area (Å²) in [5.41, 5.74) is 9.00. The number of aromatic nitrogens is 2. The Hall–Kier alpha value is -6.78. The Bertz CT molecular complexity index is 2560. The van der Waals surface area contributed by atoms with Crippen LogP contribution in [0.3, 0.4) is 0 Å². The molecule has 0 fully saturated rings. The van der Waals surface area contributed by atoms with E-state index in [1.807, 2.05) is 0 Å². The minimum atomic E-state index is 0.612. The molecule has 0 unspecified atom stereocenters. The molecule has 10 aromatic rings. The Balaban J connectivity index is 1.32. The summed E-state index contributed by atoms with van der Waals surface area (Å²) in [6, 6.07) is 52.3. The van der Waals surface area contributed by atoms with E-state index >= 15 is 0 Å². The van der Waals surface area contributed by atoms with Crippen LogP contribution in [0.25, 0.3) is 99.4 Å². The lowest BCUT2D eigenvalue weighted by Crippen LogP contribution is -1.95. The first-order valence-electron chi connectivity index (χ1n) is 16.7. The normalized spacial score (nSPS) is 11.6. The van der Waals surface area contributed by atoms with Crippen molar-refractivity contribution >= 4 is 43.1 Å². The van der Waals surface area contributed by atoms with Crippen molar-refractivity contribution in [1.29, 1.82) is 0 Å². The van der Waals surface area contributed by atoms with Crippen LogP contribution in [-0.2, 0) is 0 Å². The van der Waals surface area contributed by atoms with Gasteiger partial charge in [0.25, 0.3) is 0 Å². The van der Waals surface area contributed by atoms with E-state index in [1.165, 1.54) is 65.3 Å². The average Bonchev–Trinajstić information content (AvgIpc) is 3.93. The maximum absolute atomic E-state index is 5.69. The number of oxazole rings is 2. The SMILES string of the molecule is c1cc(-c2ncco2)cc(-c2c3ccccc3c(-c3c4ccccc4c(-c4cccc(-c5ncco5)c4)c4ccccc34)c3ccccc23)c1. The van der Waals surface area contributed by atoms with E-state index < -0.39 is 0 Å². The maximum atomic E-state index is 5.69. The van der Waals surface area contributed by atoms with Gasteiger partial charge in [-0.05, 0) is 101 Å². The third-order valence-electron chi connectivity index (χ3n) is 9.77. The highest BCUT2D eigenvalue weighted by Gasteiger charge is 2.22. The summed E-state index contributed by atoms with van der Waals surface area (Å²) in [5, 5.41) is 9.60. The van der Waals surface area contributed by atoms with Crippen molar-refractivity contribution in [2.75, 3.05) is 0 Å². The van der Waals surface area contributed by atoms with Crippen LogP contribution in [0.5, 0.6) is 0 Å². The lowest BCUT2D eigenvalue weighted by atomic mass is 9.81. The quantitative estimate of drug-likeness (QED) is 0.176. The summed E-state index contributed by atoms with van der Waals surface area (Å²) in [5.74, 6) is 1.22. The highest BCUT2D eigenvalue weighted by atomic mass is 16.3. The molecule has 8 aromatic carbocycles. The topological polar surface area (TPSA) is 52.1 Å². The van der Waals surface area contributed by atoms with Crippen LogP contribution >= 0.6 is 0 Å². The Morgan fingerprint density at radius 3 is 0.900 bits per heavy atom. The molecule has 0 spiro atoms. The zero-order chi connectivity index (χ0) is 33.0. The average molecular weight is 641 g/mol. The van der Waals surface area contributed by atoms with Crippen LogP contribution in [0.15, 0.2) is 179 Å². The lowest BCUT2D eigenvalue weighted by Gasteiger charge is -2.22. The third kappa shape index (κ3) is 4.39. The molecule has 0 bridgehead atoms. The molecular formula is C46H28N2O2. The van der Waals surface area contributed by atoms with Gasteiger partial charge in [0.1, 0.15) is 12.5 Å². The van der Waals surface area contributed by atoms with Gasteiger partial charge in [0.2, 0.25) is 11.8 Å². The van der Waals surface area contributed by atoms with Crippen LogP contribution in [-0.4, -0.2) is 9.97 Å². The Labute approximate surface area is 287 Å². The zero-order valence-corrected chi connectivity index (χ0v) is 26.9. The van der Waals surface area contributed by atoms with Crippen LogP contribution in [0.1, 0.15) is 0 Å². The van der Waals surface area contributed by atoms with Crippen molar-refractivity contribution in [3.8, 4) is 56.3 Å². The van der Waals surface area contributed by atoms with Crippen LogP contribution in [0.2, 0.25) is 0 Å². The fourth-order valence-electron chi connectivity index (χ4n) is 7.77. The van der Waals surface area contributed by atoms with Gasteiger partial charge >= 0.3 is 0 Å². The van der Waals surface area contributed by atoms with Gasteiger partial charge in [-0.3, -0.25) is 0 Å². The first-order valence-corrected chi connectivity index (χ1v) is 16.7. The van der Waals surface area contributed by atoms with E-state index in [9.17, 15) is 0 Å². The predicted molar refractivity (Wildman–Crippen MR) is 204 cm³/mol. The van der Waals surface area contributed by atoms with Crippen molar-refractivity contribution in [3.63, 3.8) is 0 Å². The second-order valence-corrected chi connectivity index (χ2v) is 12.5. The summed E-state index contributed by atoms with van der Waals surface area (Å²) in [7, 11) is 0. The van der Waals surface area contributed by atoms with Gasteiger partial charge in [-0.1, -0.05) is 121 Å². The number of hydrogen-bond acceptors (Lipinski definition) is 4. The molecule has 0 atom stereocenters. The van der Waals surface area contributed by atoms with E-state index in [0.29, 0.717) is 11.8 Å². The Kier molecular flexibility index (Phi) is 6.46. The van der Waals surface area contributed by atoms with Crippen molar-refractivity contribution in [2.45, 2.75) is 0 Å². The number of hydrogen-bond donors (Lipinski definition) is 0. The largest absolute Gasteiger partial charge is 0.445 e. The summed E-state index contributed by atoms with van der Waals surface area (Å²) in [4.78, 5) is 8.86. The summed E-state index contributed by atoms with van der Waals surface area (Å²) >= 11 is 0. The number of nitrogens with zero attached hydrogens (tertiary/aromatic N) is 2. The summed E-state index contributed by atoms with van der Waals surface area (Å²) in [6.45, 7) is 0. The van der Waals surface area contributed by atoms with Gasteiger partial charge in [0.15, 0.2) is 0 Å². The smallest absolute Gasteiger partial charge is 0.225 e. The molecule has 10 rings (SSSR count). The van der Waals surface area contributed by atoms with Gasteiger partial charge in [-0.2, -0.15) is 0 Å². The molecule has 0 saturated carbocycles. The first kappa shape index (κ1) is 28.3. The Morgan fingerprint density at radius 2 is 0.600 bits per heavy atom. The number of fused-ring (bicyclic) bond motifs is 4. The zero-order valence-electron chi connectivity index (χ0n) is 26.9. The van der Waals surface area contributed by atoms with Crippen LogP contribution < -0.4 is 0 Å². The number of benzene rings is 8. The molecule has 2 aromatic heterocycles. The molecule has 0 saturated heterocycles. The minimum Gasteiger partial charge on any atom is -0.445 e. The highest BCUT2D eigenvalue weighted by molar-refractivity contribution is 6.30. The molecule has 0 aliphatic carbocycles. The number of rotatable bonds is 5. The van der Waals surface area contributed by atoms with Gasteiger partial charge in [0.05, 0.1) is 12.4 Å². The fraction of sp³-hybridized carbons (Fsp3) is 0. The molecule has 234 valence electrons. The Morgan fingerprint density at radius 1 is 0.300 bits per heavy atom. The predicted octanol–water partition coefficient (Wildman–Crippen LogP) is 12.6. The fourth-order valence-corrected chi connectivity index (χ4v) is 7.77. The van der Waals surface area contributed by atoms with E-state index in [1.54, 1.807) is 24.9 Å². The van der Waals surface area contributed by atoms with Crippen LogP contribution in [0.4, 0.5) is 0 Å². The molecule has 0 aliphatic heterocycles. The van der Waals surface area contributed by atoms with E-state index in [2.05, 4.69) is 156 Å².